The van der Waals surface area contributed by atoms with Gasteiger partial charge in [-0.05, 0) is 17.7 Å². The number of ether oxygens (including phenoxy) is 1. The fourth-order valence-electron chi connectivity index (χ4n) is 2.44. The number of hydrogen-bond donors (Lipinski definition) is 0. The number of hydrogen-bond acceptors (Lipinski definition) is 2. The maximum absolute atomic E-state index is 12.3. The summed E-state index contributed by atoms with van der Waals surface area (Å²) in [4.78, 5) is 12.3. The van der Waals surface area contributed by atoms with Gasteiger partial charge in [0, 0.05) is 23.1 Å². The van der Waals surface area contributed by atoms with E-state index in [9.17, 15) is 4.79 Å². The van der Waals surface area contributed by atoms with Gasteiger partial charge in [-0.2, -0.15) is 0 Å². The van der Waals surface area contributed by atoms with Gasteiger partial charge in [-0.3, -0.25) is 4.79 Å². The second kappa shape index (κ2) is 4.73. The molecule has 0 aromatic heterocycles. The van der Waals surface area contributed by atoms with Crippen LogP contribution in [0.2, 0.25) is 0 Å². The zero-order chi connectivity index (χ0) is 13.2. The highest BCUT2D eigenvalue weighted by Gasteiger charge is 2.24. The molecule has 0 heterocycles. The standard InChI is InChI=1S/C17H14O2/c1-19-16-9-5-3-7-13(16)11-14-10-12-6-2-4-8-15(12)17(14)18/h2-9,11H,10H2,1H3/b14-11-. The predicted molar refractivity (Wildman–Crippen MR) is 75.4 cm³/mol. The fraction of sp³-hybridized carbons (Fsp3) is 0.118. The molecule has 0 saturated heterocycles. The van der Waals surface area contributed by atoms with Crippen LogP contribution in [0.25, 0.3) is 6.08 Å². The number of fused-ring (bicyclic) bond motifs is 1. The third-order valence-electron chi connectivity index (χ3n) is 3.40. The van der Waals surface area contributed by atoms with Crippen molar-refractivity contribution in [3.05, 3.63) is 70.8 Å². The maximum Gasteiger partial charge on any atom is 0.189 e. The van der Waals surface area contributed by atoms with Crippen LogP contribution in [0.5, 0.6) is 5.75 Å². The van der Waals surface area contributed by atoms with Crippen LogP contribution in [-0.2, 0) is 6.42 Å². The van der Waals surface area contributed by atoms with Gasteiger partial charge in [-0.25, -0.2) is 0 Å². The Morgan fingerprint density at radius 3 is 2.58 bits per heavy atom. The largest absolute Gasteiger partial charge is 0.496 e. The summed E-state index contributed by atoms with van der Waals surface area (Å²) in [7, 11) is 1.64. The van der Waals surface area contributed by atoms with Crippen molar-refractivity contribution in [3.63, 3.8) is 0 Å². The molecule has 19 heavy (non-hydrogen) atoms. The molecule has 1 aliphatic carbocycles. The van der Waals surface area contributed by atoms with E-state index in [0.717, 1.165) is 28.0 Å². The summed E-state index contributed by atoms with van der Waals surface area (Å²) in [6.07, 6.45) is 2.63. The average Bonchev–Trinajstić information content (AvgIpc) is 2.77. The molecule has 0 radical (unpaired) electrons. The van der Waals surface area contributed by atoms with E-state index in [0.29, 0.717) is 6.42 Å². The summed E-state index contributed by atoms with van der Waals surface area (Å²) in [5, 5.41) is 0. The summed E-state index contributed by atoms with van der Waals surface area (Å²) in [6, 6.07) is 15.5. The molecule has 0 fully saturated rings. The second-order valence-electron chi connectivity index (χ2n) is 4.57. The van der Waals surface area contributed by atoms with E-state index in [1.54, 1.807) is 7.11 Å². The third kappa shape index (κ3) is 2.06. The molecule has 0 aliphatic heterocycles. The zero-order valence-corrected chi connectivity index (χ0v) is 10.7. The van der Waals surface area contributed by atoms with E-state index in [4.69, 9.17) is 4.74 Å². The van der Waals surface area contributed by atoms with Crippen LogP contribution < -0.4 is 4.74 Å². The first-order valence-corrected chi connectivity index (χ1v) is 6.26. The molecule has 0 saturated carbocycles. The molecule has 2 aromatic carbocycles. The molecule has 2 aromatic rings. The quantitative estimate of drug-likeness (QED) is 0.762. The Kier molecular flexibility index (Phi) is 2.92. The monoisotopic (exact) mass is 250 g/mol. The molecule has 3 rings (SSSR count). The third-order valence-corrected chi connectivity index (χ3v) is 3.40. The Balaban J connectivity index is 2.01. The number of ketones is 1. The normalized spacial score (nSPS) is 15.6. The van der Waals surface area contributed by atoms with Crippen LogP contribution in [0.3, 0.4) is 0 Å². The van der Waals surface area contributed by atoms with Crippen LogP contribution in [0, 0.1) is 0 Å². The first kappa shape index (κ1) is 11.7. The van der Waals surface area contributed by atoms with Crippen molar-refractivity contribution in [1.82, 2.24) is 0 Å². The highest BCUT2D eigenvalue weighted by Crippen LogP contribution is 2.29. The first-order chi connectivity index (χ1) is 9.29. The van der Waals surface area contributed by atoms with E-state index in [2.05, 4.69) is 0 Å². The molecule has 2 heteroatoms. The first-order valence-electron chi connectivity index (χ1n) is 6.26. The van der Waals surface area contributed by atoms with E-state index < -0.39 is 0 Å². The van der Waals surface area contributed by atoms with Crippen molar-refractivity contribution in [2.24, 2.45) is 0 Å². The van der Waals surface area contributed by atoms with Gasteiger partial charge in [0.2, 0.25) is 0 Å². The molecule has 0 bridgehead atoms. The maximum atomic E-state index is 12.3. The lowest BCUT2D eigenvalue weighted by atomic mass is 10.1. The van der Waals surface area contributed by atoms with Crippen molar-refractivity contribution < 1.29 is 9.53 Å². The molecule has 1 aliphatic rings. The smallest absolute Gasteiger partial charge is 0.189 e. The van der Waals surface area contributed by atoms with Crippen molar-refractivity contribution in [1.29, 1.82) is 0 Å². The molecule has 0 atom stereocenters. The van der Waals surface area contributed by atoms with Gasteiger partial charge in [0.15, 0.2) is 5.78 Å². The molecule has 0 N–H and O–H groups in total. The van der Waals surface area contributed by atoms with E-state index in [-0.39, 0.29) is 5.78 Å². The van der Waals surface area contributed by atoms with Gasteiger partial charge in [0.25, 0.3) is 0 Å². The minimum absolute atomic E-state index is 0.126. The van der Waals surface area contributed by atoms with Crippen molar-refractivity contribution in [2.75, 3.05) is 7.11 Å². The van der Waals surface area contributed by atoms with Gasteiger partial charge in [-0.1, -0.05) is 42.5 Å². The molecule has 2 nitrogen and oxygen atoms in total. The van der Waals surface area contributed by atoms with Crippen LogP contribution in [-0.4, -0.2) is 12.9 Å². The minimum Gasteiger partial charge on any atom is -0.496 e. The molecule has 0 unspecified atom stereocenters. The number of methoxy groups -OCH3 is 1. The van der Waals surface area contributed by atoms with Gasteiger partial charge in [0.1, 0.15) is 5.75 Å². The summed E-state index contributed by atoms with van der Waals surface area (Å²) < 4.78 is 5.31. The number of allylic oxidation sites excluding steroid dienone is 1. The summed E-state index contributed by atoms with van der Waals surface area (Å²) >= 11 is 0. The average molecular weight is 250 g/mol. The number of carbonyl (C=O) groups excluding carboxylic acids is 1. The summed E-state index contributed by atoms with van der Waals surface area (Å²) in [5.74, 6) is 0.917. The lowest BCUT2D eigenvalue weighted by Gasteiger charge is -2.04. The Morgan fingerprint density at radius 1 is 1.05 bits per heavy atom. The van der Waals surface area contributed by atoms with Crippen LogP contribution in [0.1, 0.15) is 21.5 Å². The van der Waals surface area contributed by atoms with Crippen molar-refractivity contribution >= 4 is 11.9 Å². The van der Waals surface area contributed by atoms with Gasteiger partial charge >= 0.3 is 0 Å². The SMILES string of the molecule is COc1ccccc1/C=C1/Cc2ccccc2C1=O. The van der Waals surface area contributed by atoms with Crippen LogP contribution >= 0.6 is 0 Å². The topological polar surface area (TPSA) is 26.3 Å². The highest BCUT2D eigenvalue weighted by atomic mass is 16.5. The van der Waals surface area contributed by atoms with Gasteiger partial charge in [0.05, 0.1) is 7.11 Å². The Labute approximate surface area is 112 Å². The zero-order valence-electron chi connectivity index (χ0n) is 10.7. The van der Waals surface area contributed by atoms with Crippen molar-refractivity contribution in [3.8, 4) is 5.75 Å². The van der Waals surface area contributed by atoms with Crippen molar-refractivity contribution in [2.45, 2.75) is 6.42 Å². The predicted octanol–water partition coefficient (Wildman–Crippen LogP) is 3.52. The number of rotatable bonds is 2. The van der Waals surface area contributed by atoms with E-state index in [1.165, 1.54) is 0 Å². The second-order valence-corrected chi connectivity index (χ2v) is 4.57. The summed E-state index contributed by atoms with van der Waals surface area (Å²) in [6.45, 7) is 0. The van der Waals surface area contributed by atoms with Crippen LogP contribution in [0.4, 0.5) is 0 Å². The van der Waals surface area contributed by atoms with Gasteiger partial charge < -0.3 is 4.74 Å². The molecule has 0 spiro atoms. The molecular formula is C17H14O2. The molecule has 0 amide bonds. The van der Waals surface area contributed by atoms with E-state index in [1.807, 2.05) is 54.6 Å². The van der Waals surface area contributed by atoms with Crippen LogP contribution in [0.15, 0.2) is 54.1 Å². The number of benzene rings is 2. The number of para-hydroxylation sites is 1. The summed E-state index contributed by atoms with van der Waals surface area (Å²) in [5.41, 5.74) is 3.70. The highest BCUT2D eigenvalue weighted by molar-refractivity contribution is 6.15. The van der Waals surface area contributed by atoms with E-state index >= 15 is 0 Å². The van der Waals surface area contributed by atoms with Gasteiger partial charge in [-0.15, -0.1) is 0 Å². The fourth-order valence-corrected chi connectivity index (χ4v) is 2.44. The Bertz CT molecular complexity index is 668. The minimum atomic E-state index is 0.126. The number of Topliss-reactive ketones (excluding diaryl/α,β-unsaturated/α-hetero) is 1. The number of carbonyl (C=O) groups is 1. The molecular weight excluding hydrogens is 236 g/mol. The molecule has 94 valence electrons. The Hall–Kier alpha value is -2.35. The lowest BCUT2D eigenvalue weighted by Crippen LogP contribution is -1.95. The Morgan fingerprint density at radius 2 is 1.79 bits per heavy atom. The lowest BCUT2D eigenvalue weighted by molar-refractivity contribution is 0.104.